The van der Waals surface area contributed by atoms with Gasteiger partial charge in [0.2, 0.25) is 5.91 Å². The van der Waals surface area contributed by atoms with Gasteiger partial charge in [-0.2, -0.15) is 0 Å². The Morgan fingerprint density at radius 2 is 1.62 bits per heavy atom. The van der Waals surface area contributed by atoms with Crippen LogP contribution in [0.4, 0.5) is 4.39 Å². The lowest BCUT2D eigenvalue weighted by molar-refractivity contribution is -0.120. The number of halogens is 2. The predicted molar refractivity (Wildman–Crippen MR) is 82.9 cm³/mol. The summed E-state index contributed by atoms with van der Waals surface area (Å²) in [6.45, 7) is 0.628. The lowest BCUT2D eigenvalue weighted by atomic mass is 10.1. The molecule has 2 rings (SSSR count). The number of nitrogens with one attached hydrogen (secondary N) is 1. The first-order chi connectivity index (χ1) is 10.1. The van der Waals surface area contributed by atoms with Crippen LogP contribution >= 0.6 is 11.6 Å². The normalized spacial score (nSPS) is 10.4. The minimum atomic E-state index is -0.290. The van der Waals surface area contributed by atoms with Crippen LogP contribution in [0.3, 0.4) is 0 Å². The Balaban J connectivity index is 1.67. The lowest BCUT2D eigenvalue weighted by Gasteiger charge is -2.06. The molecule has 0 aromatic heterocycles. The molecule has 2 nitrogen and oxygen atoms in total. The van der Waals surface area contributed by atoms with Crippen molar-refractivity contribution in [3.8, 4) is 0 Å². The largest absolute Gasteiger partial charge is 0.356 e. The van der Waals surface area contributed by atoms with Crippen molar-refractivity contribution >= 4 is 17.5 Å². The number of benzene rings is 2. The van der Waals surface area contributed by atoms with Gasteiger partial charge in [-0.25, -0.2) is 4.39 Å². The number of carbonyl (C=O) groups is 1. The van der Waals surface area contributed by atoms with Gasteiger partial charge in [0.1, 0.15) is 5.82 Å². The quantitative estimate of drug-likeness (QED) is 0.809. The molecule has 0 saturated carbocycles. The molecule has 0 saturated heterocycles. The number of rotatable bonds is 6. The third kappa shape index (κ3) is 5.56. The zero-order valence-electron chi connectivity index (χ0n) is 11.6. The first-order valence-electron chi connectivity index (χ1n) is 6.89. The van der Waals surface area contributed by atoms with Crippen molar-refractivity contribution in [2.45, 2.75) is 19.3 Å². The van der Waals surface area contributed by atoms with Crippen molar-refractivity contribution in [3.63, 3.8) is 0 Å². The summed E-state index contributed by atoms with van der Waals surface area (Å²) in [5, 5.41) is 3.60. The molecular formula is C17H17ClFNO. The molecule has 0 spiro atoms. The third-order valence-electron chi connectivity index (χ3n) is 3.16. The van der Waals surface area contributed by atoms with Gasteiger partial charge in [0.15, 0.2) is 0 Å². The van der Waals surface area contributed by atoms with Gasteiger partial charge in [-0.3, -0.25) is 4.79 Å². The second kappa shape index (κ2) is 7.79. The van der Waals surface area contributed by atoms with Crippen molar-refractivity contribution in [1.82, 2.24) is 5.32 Å². The van der Waals surface area contributed by atoms with E-state index in [2.05, 4.69) is 5.32 Å². The highest BCUT2D eigenvalue weighted by Crippen LogP contribution is 2.10. The van der Waals surface area contributed by atoms with Crippen LogP contribution in [0.15, 0.2) is 48.5 Å². The monoisotopic (exact) mass is 305 g/mol. The van der Waals surface area contributed by atoms with Crippen molar-refractivity contribution in [2.75, 3.05) is 6.54 Å². The van der Waals surface area contributed by atoms with Crippen LogP contribution in [-0.2, 0) is 17.6 Å². The predicted octanol–water partition coefficient (Wildman–Crippen LogP) is 3.77. The van der Waals surface area contributed by atoms with Crippen LogP contribution in [0.5, 0.6) is 0 Å². The number of amides is 1. The number of hydrogen-bond donors (Lipinski definition) is 1. The summed E-state index contributed by atoms with van der Waals surface area (Å²) in [4.78, 5) is 11.7. The van der Waals surface area contributed by atoms with E-state index in [0.29, 0.717) is 6.54 Å². The fourth-order valence-corrected chi connectivity index (χ4v) is 2.15. The summed E-state index contributed by atoms with van der Waals surface area (Å²) in [5.74, 6) is -0.333. The van der Waals surface area contributed by atoms with Gasteiger partial charge >= 0.3 is 0 Å². The van der Waals surface area contributed by atoms with Gasteiger partial charge in [-0.15, -0.1) is 0 Å². The lowest BCUT2D eigenvalue weighted by Crippen LogP contribution is -2.26. The van der Waals surface area contributed by atoms with Gasteiger partial charge in [-0.1, -0.05) is 35.9 Å². The molecule has 21 heavy (non-hydrogen) atoms. The van der Waals surface area contributed by atoms with E-state index in [9.17, 15) is 9.18 Å². The van der Waals surface area contributed by atoms with E-state index in [0.717, 1.165) is 23.4 Å². The Hall–Kier alpha value is -1.87. The topological polar surface area (TPSA) is 29.1 Å². The Morgan fingerprint density at radius 3 is 2.29 bits per heavy atom. The highest BCUT2D eigenvalue weighted by atomic mass is 35.5. The summed E-state index contributed by atoms with van der Waals surface area (Å²) in [7, 11) is 0. The molecule has 2 aromatic carbocycles. The van der Waals surface area contributed by atoms with E-state index < -0.39 is 0 Å². The minimum Gasteiger partial charge on any atom is -0.356 e. The Kier molecular flexibility index (Phi) is 5.76. The highest BCUT2D eigenvalue weighted by Gasteiger charge is 2.03. The molecule has 0 radical (unpaired) electrons. The summed E-state index contributed by atoms with van der Waals surface area (Å²) < 4.78 is 12.7. The summed E-state index contributed by atoms with van der Waals surface area (Å²) in [6.07, 6.45) is 2.05. The fraction of sp³-hybridized carbons (Fsp3) is 0.235. The molecule has 2 aromatic rings. The maximum atomic E-state index is 12.7. The standard InChI is InChI=1S/C17H17ClFNO/c18-15-7-3-13(4-8-15)2-1-11-20-17(21)12-14-5-9-16(19)10-6-14/h3-10H,1-2,11-12H2,(H,20,21). The Morgan fingerprint density at radius 1 is 1.00 bits per heavy atom. The van der Waals surface area contributed by atoms with Gasteiger partial charge in [-0.05, 0) is 48.2 Å². The van der Waals surface area contributed by atoms with Gasteiger partial charge in [0, 0.05) is 11.6 Å². The maximum Gasteiger partial charge on any atom is 0.224 e. The van der Waals surface area contributed by atoms with Gasteiger partial charge in [0.05, 0.1) is 6.42 Å². The molecular weight excluding hydrogens is 289 g/mol. The molecule has 0 heterocycles. The van der Waals surface area contributed by atoms with Crippen LogP contribution in [0.2, 0.25) is 5.02 Å². The van der Waals surface area contributed by atoms with E-state index >= 15 is 0 Å². The Bertz CT molecular complexity index is 581. The first-order valence-corrected chi connectivity index (χ1v) is 7.27. The first kappa shape index (κ1) is 15.5. The molecule has 1 N–H and O–H groups in total. The molecule has 0 aliphatic carbocycles. The van der Waals surface area contributed by atoms with E-state index in [-0.39, 0.29) is 18.1 Å². The van der Waals surface area contributed by atoms with Gasteiger partial charge < -0.3 is 5.32 Å². The van der Waals surface area contributed by atoms with E-state index in [1.54, 1.807) is 12.1 Å². The number of carbonyl (C=O) groups excluding carboxylic acids is 1. The SMILES string of the molecule is O=C(Cc1ccc(F)cc1)NCCCc1ccc(Cl)cc1. The summed E-state index contributed by atoms with van der Waals surface area (Å²) >= 11 is 5.82. The molecule has 110 valence electrons. The van der Waals surface area contributed by atoms with Crippen molar-refractivity contribution in [1.29, 1.82) is 0 Å². The van der Waals surface area contributed by atoms with Crippen LogP contribution in [0.25, 0.3) is 0 Å². The van der Waals surface area contributed by atoms with Crippen LogP contribution in [-0.4, -0.2) is 12.5 Å². The maximum absolute atomic E-state index is 12.7. The molecule has 0 unspecified atom stereocenters. The molecule has 0 bridgehead atoms. The van der Waals surface area contributed by atoms with Gasteiger partial charge in [0.25, 0.3) is 0 Å². The van der Waals surface area contributed by atoms with Crippen LogP contribution in [0.1, 0.15) is 17.5 Å². The van der Waals surface area contributed by atoms with Crippen LogP contribution in [0, 0.1) is 5.82 Å². The summed E-state index contributed by atoms with van der Waals surface area (Å²) in [6, 6.07) is 13.7. The molecule has 1 amide bonds. The molecule has 0 fully saturated rings. The average molecular weight is 306 g/mol. The van der Waals surface area contributed by atoms with E-state index in [4.69, 9.17) is 11.6 Å². The molecule has 0 aliphatic heterocycles. The Labute approximate surface area is 128 Å². The highest BCUT2D eigenvalue weighted by molar-refractivity contribution is 6.30. The van der Waals surface area contributed by atoms with Crippen molar-refractivity contribution < 1.29 is 9.18 Å². The zero-order valence-corrected chi connectivity index (χ0v) is 12.4. The zero-order chi connectivity index (χ0) is 15.1. The fourth-order valence-electron chi connectivity index (χ4n) is 2.02. The molecule has 0 atom stereocenters. The minimum absolute atomic E-state index is 0.0438. The second-order valence-corrected chi connectivity index (χ2v) is 5.32. The van der Waals surface area contributed by atoms with Crippen molar-refractivity contribution in [2.24, 2.45) is 0 Å². The molecule has 4 heteroatoms. The number of hydrogen-bond acceptors (Lipinski definition) is 1. The second-order valence-electron chi connectivity index (χ2n) is 4.88. The third-order valence-corrected chi connectivity index (χ3v) is 3.41. The van der Waals surface area contributed by atoms with Crippen LogP contribution < -0.4 is 5.32 Å². The number of aryl methyl sites for hydroxylation is 1. The van der Waals surface area contributed by atoms with E-state index in [1.807, 2.05) is 24.3 Å². The average Bonchev–Trinajstić information content (AvgIpc) is 2.48. The summed E-state index contributed by atoms with van der Waals surface area (Å²) in [5.41, 5.74) is 2.01. The molecule has 0 aliphatic rings. The van der Waals surface area contributed by atoms with Crippen molar-refractivity contribution in [3.05, 3.63) is 70.5 Å². The van der Waals surface area contributed by atoms with E-state index in [1.165, 1.54) is 17.7 Å². The smallest absolute Gasteiger partial charge is 0.224 e.